The molecule has 2 fully saturated rings. The number of halogens is 1. The molecule has 116 valence electrons. The monoisotopic (exact) mass is 319 g/mol. The number of nitrogens with one attached hydrogen (secondary N) is 1. The summed E-state index contributed by atoms with van der Waals surface area (Å²) in [5.41, 5.74) is -2.31. The Hall–Kier alpha value is -1.68. The van der Waals surface area contributed by atoms with Crippen molar-refractivity contribution in [2.24, 2.45) is 16.2 Å². The van der Waals surface area contributed by atoms with Crippen LogP contribution in [0, 0.1) is 16.2 Å². The summed E-state index contributed by atoms with van der Waals surface area (Å²) in [5.74, 6) is -1.40. The second-order valence-electron chi connectivity index (χ2n) is 6.95. The molecule has 2 saturated carbocycles. The molecule has 1 aromatic rings. The van der Waals surface area contributed by atoms with Gasteiger partial charge < -0.3 is 5.32 Å². The van der Waals surface area contributed by atoms with Crippen molar-refractivity contribution < 1.29 is 14.4 Å². The smallest absolute Gasteiger partial charge is 0.239 e. The van der Waals surface area contributed by atoms with E-state index in [0.717, 1.165) is 0 Å². The lowest BCUT2D eigenvalue weighted by atomic mass is 9.64. The first-order valence-electron chi connectivity index (χ1n) is 7.34. The number of fused-ring (bicyclic) bond motifs is 2. The number of anilines is 1. The molecule has 0 radical (unpaired) electrons. The minimum absolute atomic E-state index is 0.400. The topological polar surface area (TPSA) is 63.2 Å². The number of carbonyl (C=O) groups is 3. The fraction of sp³-hybridized carbons (Fsp3) is 0.471. The zero-order chi connectivity index (χ0) is 16.3. The van der Waals surface area contributed by atoms with Crippen molar-refractivity contribution in [1.82, 2.24) is 0 Å². The first-order valence-corrected chi connectivity index (χ1v) is 7.71. The van der Waals surface area contributed by atoms with Crippen molar-refractivity contribution in [2.75, 3.05) is 5.32 Å². The maximum absolute atomic E-state index is 12.9. The molecular formula is C17H18ClNO3. The third-order valence-corrected chi connectivity index (χ3v) is 6.38. The minimum atomic E-state index is -1.29. The number of hydrogen-bond acceptors (Lipinski definition) is 3. The van der Waals surface area contributed by atoms with E-state index in [1.165, 1.54) is 0 Å². The molecule has 4 nitrogen and oxygen atoms in total. The number of rotatable bonds is 2. The molecule has 2 atom stereocenters. The van der Waals surface area contributed by atoms with Crippen molar-refractivity contribution in [3.63, 3.8) is 0 Å². The highest BCUT2D eigenvalue weighted by Crippen LogP contribution is 2.69. The summed E-state index contributed by atoms with van der Waals surface area (Å²) < 4.78 is 0. The summed E-state index contributed by atoms with van der Waals surface area (Å²) in [7, 11) is 0. The zero-order valence-electron chi connectivity index (χ0n) is 12.8. The van der Waals surface area contributed by atoms with E-state index in [9.17, 15) is 14.4 Å². The Morgan fingerprint density at radius 3 is 2.27 bits per heavy atom. The Labute approximate surface area is 134 Å². The van der Waals surface area contributed by atoms with Gasteiger partial charge in [-0.1, -0.05) is 44.5 Å². The van der Waals surface area contributed by atoms with Crippen LogP contribution in [0.1, 0.15) is 33.6 Å². The number of ketones is 2. The standard InChI is InChI=1S/C17H18ClNO3/c1-15(2)16(3)8-9-17(15,13(21)12(16)20)14(22)19-11-7-5-4-6-10(11)18/h4-7H,8-9H2,1-3H3,(H,19,22). The van der Waals surface area contributed by atoms with E-state index in [-0.39, 0.29) is 0 Å². The molecule has 0 spiro atoms. The van der Waals surface area contributed by atoms with Crippen molar-refractivity contribution in [1.29, 1.82) is 0 Å². The van der Waals surface area contributed by atoms with Gasteiger partial charge in [-0.3, -0.25) is 14.4 Å². The van der Waals surface area contributed by atoms with Gasteiger partial charge in [0.25, 0.3) is 0 Å². The van der Waals surface area contributed by atoms with Crippen LogP contribution in [0.3, 0.4) is 0 Å². The first-order chi connectivity index (χ1) is 10.2. The van der Waals surface area contributed by atoms with Crippen LogP contribution < -0.4 is 5.32 Å². The number of carbonyl (C=O) groups excluding carboxylic acids is 3. The molecule has 0 aromatic heterocycles. The number of benzene rings is 1. The van der Waals surface area contributed by atoms with Crippen molar-refractivity contribution in [2.45, 2.75) is 33.6 Å². The molecule has 0 heterocycles. The van der Waals surface area contributed by atoms with Gasteiger partial charge in [0.15, 0.2) is 0 Å². The normalized spacial score (nSPS) is 32.4. The van der Waals surface area contributed by atoms with Crippen LogP contribution in [-0.4, -0.2) is 17.5 Å². The Bertz CT molecular complexity index is 712. The Morgan fingerprint density at radius 2 is 1.73 bits per heavy atom. The highest BCUT2D eigenvalue weighted by atomic mass is 35.5. The molecule has 3 rings (SSSR count). The molecule has 22 heavy (non-hydrogen) atoms. The van der Waals surface area contributed by atoms with Gasteiger partial charge in [-0.25, -0.2) is 0 Å². The van der Waals surface area contributed by atoms with Crippen LogP contribution in [0.5, 0.6) is 0 Å². The molecule has 1 N–H and O–H groups in total. The van der Waals surface area contributed by atoms with Crippen LogP contribution in [0.15, 0.2) is 24.3 Å². The molecule has 0 aliphatic heterocycles. The predicted molar refractivity (Wildman–Crippen MR) is 83.7 cm³/mol. The summed E-state index contributed by atoms with van der Waals surface area (Å²) >= 11 is 6.07. The summed E-state index contributed by atoms with van der Waals surface area (Å²) in [5, 5.41) is 3.16. The molecule has 1 aromatic carbocycles. The third kappa shape index (κ3) is 1.51. The second kappa shape index (κ2) is 4.42. The van der Waals surface area contributed by atoms with E-state index < -0.39 is 33.7 Å². The van der Waals surface area contributed by atoms with Crippen LogP contribution in [0.25, 0.3) is 0 Å². The van der Waals surface area contributed by atoms with Gasteiger partial charge in [0.05, 0.1) is 10.7 Å². The van der Waals surface area contributed by atoms with Gasteiger partial charge >= 0.3 is 0 Å². The van der Waals surface area contributed by atoms with Gasteiger partial charge in [-0.05, 0) is 30.4 Å². The van der Waals surface area contributed by atoms with Crippen molar-refractivity contribution in [3.8, 4) is 0 Å². The predicted octanol–water partition coefficient (Wildman–Crippen LogP) is 3.24. The highest BCUT2D eigenvalue weighted by molar-refractivity contribution is 6.49. The summed E-state index contributed by atoms with van der Waals surface area (Å²) in [6.07, 6.45) is 0.956. The van der Waals surface area contributed by atoms with Gasteiger partial charge in [0, 0.05) is 5.41 Å². The lowest BCUT2D eigenvalue weighted by molar-refractivity contribution is -0.147. The average molecular weight is 320 g/mol. The fourth-order valence-electron chi connectivity index (χ4n) is 4.06. The van der Waals surface area contributed by atoms with Crippen LogP contribution in [-0.2, 0) is 14.4 Å². The van der Waals surface area contributed by atoms with Crippen LogP contribution >= 0.6 is 11.6 Å². The number of amides is 1. The zero-order valence-corrected chi connectivity index (χ0v) is 13.6. The lowest BCUT2D eigenvalue weighted by Gasteiger charge is -2.37. The van der Waals surface area contributed by atoms with Crippen molar-refractivity contribution in [3.05, 3.63) is 29.3 Å². The molecular weight excluding hydrogens is 302 g/mol. The molecule has 5 heteroatoms. The summed E-state index contributed by atoms with van der Waals surface area (Å²) in [6.45, 7) is 5.48. The van der Waals surface area contributed by atoms with Crippen LogP contribution in [0.2, 0.25) is 5.02 Å². The quantitative estimate of drug-likeness (QED) is 0.672. The molecule has 0 saturated heterocycles. The number of para-hydroxylation sites is 1. The Kier molecular flexibility index (Phi) is 3.06. The Morgan fingerprint density at radius 1 is 1.09 bits per heavy atom. The van der Waals surface area contributed by atoms with E-state index in [2.05, 4.69) is 5.32 Å². The summed E-state index contributed by atoms with van der Waals surface area (Å²) in [4.78, 5) is 37.9. The van der Waals surface area contributed by atoms with Crippen molar-refractivity contribution >= 4 is 34.8 Å². The van der Waals surface area contributed by atoms with Gasteiger partial charge in [-0.2, -0.15) is 0 Å². The average Bonchev–Trinajstić information content (AvgIpc) is 2.74. The maximum Gasteiger partial charge on any atom is 0.239 e. The number of Topliss-reactive ketones (excluding diaryl/α,β-unsaturated/α-hetero) is 2. The summed E-state index contributed by atoms with van der Waals surface area (Å²) in [6, 6.07) is 6.86. The maximum atomic E-state index is 12.9. The second-order valence-corrected chi connectivity index (χ2v) is 7.36. The molecule has 2 unspecified atom stereocenters. The SMILES string of the molecule is CC12CCC(C(=O)Nc3ccccc3Cl)(C(=O)C1=O)C2(C)C. The molecule has 2 bridgehead atoms. The van der Waals surface area contributed by atoms with E-state index in [4.69, 9.17) is 11.6 Å². The largest absolute Gasteiger partial charge is 0.324 e. The van der Waals surface area contributed by atoms with E-state index in [0.29, 0.717) is 23.6 Å². The van der Waals surface area contributed by atoms with Gasteiger partial charge in [0.1, 0.15) is 5.41 Å². The van der Waals surface area contributed by atoms with Gasteiger partial charge in [0.2, 0.25) is 17.5 Å². The van der Waals surface area contributed by atoms with Gasteiger partial charge in [-0.15, -0.1) is 0 Å². The minimum Gasteiger partial charge on any atom is -0.324 e. The first kappa shape index (κ1) is 15.2. The Balaban J connectivity index is 2.04. The molecule has 2 aliphatic carbocycles. The molecule has 2 aliphatic rings. The van der Waals surface area contributed by atoms with E-state index >= 15 is 0 Å². The van der Waals surface area contributed by atoms with E-state index in [1.54, 1.807) is 31.2 Å². The number of hydrogen-bond donors (Lipinski definition) is 1. The lowest BCUT2D eigenvalue weighted by Crippen LogP contribution is -2.47. The van der Waals surface area contributed by atoms with E-state index in [1.807, 2.05) is 13.8 Å². The van der Waals surface area contributed by atoms with Crippen LogP contribution in [0.4, 0.5) is 5.69 Å². The highest BCUT2D eigenvalue weighted by Gasteiger charge is 2.77. The fourth-order valence-corrected chi connectivity index (χ4v) is 4.25. The molecule has 1 amide bonds. The third-order valence-electron chi connectivity index (χ3n) is 6.05.